The van der Waals surface area contributed by atoms with Crippen LogP contribution in [-0.4, -0.2) is 6.87 Å². The summed E-state index contributed by atoms with van der Waals surface area (Å²) < 4.78 is 22.0. The molecule has 0 unspecified atom stereocenters. The van der Waals surface area contributed by atoms with Crippen LogP contribution in [0.4, 0.5) is 0 Å². The number of fused-ring (bicyclic) bond motifs is 10. The Kier molecular flexibility index (Phi) is 4.13. The predicted molar refractivity (Wildman–Crippen MR) is 105 cm³/mol. The molecule has 0 aromatic heterocycles. The van der Waals surface area contributed by atoms with E-state index in [-0.39, 0.29) is 5.41 Å². The van der Waals surface area contributed by atoms with Gasteiger partial charge in [-0.05, 0) is 0 Å². The first-order valence-electron chi connectivity index (χ1n) is 9.35. The molecule has 0 heterocycles. The molecule has 0 bridgehead atoms. The maximum absolute atomic E-state index is 9.97. The molecule has 1 spiro atoms. The van der Waals surface area contributed by atoms with E-state index >= 15 is 0 Å². The third-order valence-corrected chi connectivity index (χ3v) is 8.67. The van der Waals surface area contributed by atoms with Crippen molar-refractivity contribution in [2.45, 2.75) is 5.41 Å². The first-order valence-corrected chi connectivity index (χ1v) is 13.4. The van der Waals surface area contributed by atoms with Gasteiger partial charge < -0.3 is 0 Å². The molecule has 29 heavy (non-hydrogen) atoms. The average molecular weight is 602 g/mol. The molecule has 0 atom stereocenters. The quantitative estimate of drug-likeness (QED) is 0.234. The van der Waals surface area contributed by atoms with Crippen molar-refractivity contribution >= 4 is 0 Å². The molecular formula is C25H16I2O2-2. The summed E-state index contributed by atoms with van der Waals surface area (Å²) in [6.45, 7) is 0. The van der Waals surface area contributed by atoms with E-state index in [0.29, 0.717) is 0 Å². The minimum absolute atomic E-state index is 0.387. The van der Waals surface area contributed by atoms with Gasteiger partial charge in [-0.15, -0.1) is 0 Å². The van der Waals surface area contributed by atoms with Crippen molar-refractivity contribution < 1.29 is 50.1 Å². The first kappa shape index (κ1) is 18.1. The maximum atomic E-state index is 9.97. The number of halogens is 2. The molecule has 4 aromatic carbocycles. The Morgan fingerprint density at radius 2 is 0.897 bits per heavy atom. The van der Waals surface area contributed by atoms with E-state index in [1.807, 2.05) is 0 Å². The monoisotopic (exact) mass is 602 g/mol. The summed E-state index contributed by atoms with van der Waals surface area (Å²) in [4.78, 5) is 0. The molecular weight excluding hydrogens is 586 g/mol. The van der Waals surface area contributed by atoms with Crippen LogP contribution in [0.15, 0.2) is 84.9 Å². The summed E-state index contributed by atoms with van der Waals surface area (Å²) in [5, 5.41) is 0. The normalized spacial score (nSPS) is 14.7. The van der Waals surface area contributed by atoms with Gasteiger partial charge in [0.1, 0.15) is 0 Å². The fraction of sp³-hybridized carbons (Fsp3) is 0.0400. The van der Waals surface area contributed by atoms with E-state index in [0.717, 1.165) is 7.14 Å². The molecule has 0 radical (unpaired) electrons. The molecule has 2 aliphatic carbocycles. The van der Waals surface area contributed by atoms with Crippen molar-refractivity contribution in [1.82, 2.24) is 0 Å². The average Bonchev–Trinajstić information content (AvgIpc) is 3.25. The Morgan fingerprint density at radius 3 is 1.34 bits per heavy atom. The van der Waals surface area contributed by atoms with Crippen LogP contribution in [0, 0.1) is 7.14 Å². The molecule has 0 saturated carbocycles. The van der Waals surface area contributed by atoms with Gasteiger partial charge in [0, 0.05) is 0 Å². The first-order chi connectivity index (χ1) is 14.3. The fourth-order valence-corrected chi connectivity index (χ4v) is 6.77. The standard InChI is InChI=1S/C25H16I2O2/c28-26-15-9-11-19-17-5-1-3-7-21(17)25(23(19)13-15)22-8-4-2-6-18(22)20-12-10-16(27-29)14-24(20)25/h1-14,28-29H/q-2. The van der Waals surface area contributed by atoms with Gasteiger partial charge >= 0.3 is 192 Å². The number of hydrogen-bond acceptors (Lipinski definition) is 2. The summed E-state index contributed by atoms with van der Waals surface area (Å²) in [6, 6.07) is 30.3. The Balaban J connectivity index is 1.83. The molecule has 4 aromatic rings. The van der Waals surface area contributed by atoms with E-state index < -0.39 is 43.2 Å². The minimum atomic E-state index is -0.989. The van der Waals surface area contributed by atoms with Gasteiger partial charge in [-0.25, -0.2) is 0 Å². The van der Waals surface area contributed by atoms with E-state index in [9.17, 15) is 6.87 Å². The van der Waals surface area contributed by atoms with Crippen LogP contribution in [0.2, 0.25) is 0 Å². The molecule has 6 rings (SSSR count). The molecule has 2 aliphatic rings. The van der Waals surface area contributed by atoms with Crippen LogP contribution in [0.25, 0.3) is 22.3 Å². The summed E-state index contributed by atoms with van der Waals surface area (Å²) in [6.07, 6.45) is 0. The zero-order chi connectivity index (χ0) is 19.6. The van der Waals surface area contributed by atoms with Crippen LogP contribution in [0.3, 0.4) is 0 Å². The molecule has 0 fully saturated rings. The summed E-state index contributed by atoms with van der Waals surface area (Å²) >= 11 is -1.98. The van der Waals surface area contributed by atoms with Crippen molar-refractivity contribution in [3.63, 3.8) is 0 Å². The van der Waals surface area contributed by atoms with Crippen LogP contribution in [0.1, 0.15) is 22.3 Å². The van der Waals surface area contributed by atoms with Gasteiger partial charge in [-0.1, -0.05) is 0 Å². The molecule has 144 valence electrons. The number of benzene rings is 4. The molecule has 0 saturated heterocycles. The molecule has 2 N–H and O–H groups in total. The SMILES string of the molecule is O[I-]c1ccc2c(c1)C1(c3ccccc3-2)c2ccccc2-c2ccc([I-]O)cc21. The van der Waals surface area contributed by atoms with Crippen LogP contribution in [-0.2, 0) is 5.41 Å². The molecule has 0 aliphatic heterocycles. The van der Waals surface area contributed by atoms with Gasteiger partial charge in [-0.3, -0.25) is 0 Å². The van der Waals surface area contributed by atoms with E-state index in [1.54, 1.807) is 0 Å². The second kappa shape index (κ2) is 6.63. The van der Waals surface area contributed by atoms with Crippen molar-refractivity contribution in [3.8, 4) is 22.3 Å². The zero-order valence-corrected chi connectivity index (χ0v) is 19.5. The topological polar surface area (TPSA) is 40.5 Å². The van der Waals surface area contributed by atoms with Crippen molar-refractivity contribution in [2.75, 3.05) is 0 Å². The van der Waals surface area contributed by atoms with E-state index in [2.05, 4.69) is 84.9 Å². The van der Waals surface area contributed by atoms with Gasteiger partial charge in [0.15, 0.2) is 0 Å². The fourth-order valence-electron chi connectivity index (χ4n) is 5.19. The Bertz CT molecular complexity index is 1190. The number of rotatable bonds is 2. The van der Waals surface area contributed by atoms with Gasteiger partial charge in [-0.2, -0.15) is 0 Å². The second-order valence-electron chi connectivity index (χ2n) is 7.39. The van der Waals surface area contributed by atoms with Gasteiger partial charge in [0.2, 0.25) is 0 Å². The van der Waals surface area contributed by atoms with E-state index in [1.165, 1.54) is 44.5 Å². The molecule has 0 amide bonds. The Hall–Kier alpha value is -1.74. The van der Waals surface area contributed by atoms with E-state index in [4.69, 9.17) is 0 Å². The molecule has 4 heteroatoms. The van der Waals surface area contributed by atoms with Gasteiger partial charge in [0.25, 0.3) is 0 Å². The third kappa shape index (κ3) is 2.28. The predicted octanol–water partition coefficient (Wildman–Crippen LogP) is -1.64. The van der Waals surface area contributed by atoms with Crippen molar-refractivity contribution in [3.05, 3.63) is 114 Å². The van der Waals surface area contributed by atoms with Crippen molar-refractivity contribution in [2.24, 2.45) is 0 Å². The molecule has 2 nitrogen and oxygen atoms in total. The van der Waals surface area contributed by atoms with Crippen LogP contribution < -0.4 is 43.2 Å². The summed E-state index contributed by atoms with van der Waals surface area (Å²) in [7, 11) is 0. The summed E-state index contributed by atoms with van der Waals surface area (Å²) in [5.41, 5.74) is 9.72. The Labute approximate surface area is 190 Å². The van der Waals surface area contributed by atoms with Crippen LogP contribution >= 0.6 is 0 Å². The second-order valence-corrected chi connectivity index (χ2v) is 10.8. The zero-order valence-electron chi connectivity index (χ0n) is 15.2. The van der Waals surface area contributed by atoms with Crippen LogP contribution in [0.5, 0.6) is 0 Å². The summed E-state index contributed by atoms with van der Waals surface area (Å²) in [5.74, 6) is 0. The van der Waals surface area contributed by atoms with Crippen molar-refractivity contribution in [1.29, 1.82) is 0 Å². The Morgan fingerprint density at radius 1 is 0.483 bits per heavy atom. The third-order valence-electron chi connectivity index (χ3n) is 6.21. The van der Waals surface area contributed by atoms with Gasteiger partial charge in [0.05, 0.1) is 0 Å². The number of hydrogen-bond donors (Lipinski definition) is 2.